The van der Waals surface area contributed by atoms with Crippen LogP contribution in [0.1, 0.15) is 24.5 Å². The van der Waals surface area contributed by atoms with E-state index in [1.165, 1.54) is 6.21 Å². The second kappa shape index (κ2) is 8.00. The Morgan fingerprint density at radius 2 is 2.05 bits per heavy atom. The Morgan fingerprint density at radius 1 is 1.32 bits per heavy atom. The number of nitrogen functional groups attached to an aromatic ring is 1. The second-order valence-corrected chi connectivity index (χ2v) is 6.07. The molecule has 22 heavy (non-hydrogen) atoms. The SMILES string of the molecule is CCCSc1nc(Cl)c(N)c(NCc2ccc(C=N)cc2)n1. The van der Waals surface area contributed by atoms with Gasteiger partial charge in [-0.2, -0.15) is 0 Å². The van der Waals surface area contributed by atoms with Crippen molar-refractivity contribution in [2.45, 2.75) is 25.0 Å². The van der Waals surface area contributed by atoms with Gasteiger partial charge in [0, 0.05) is 18.5 Å². The molecular formula is C15H18ClN5S. The fourth-order valence-electron chi connectivity index (χ4n) is 1.73. The van der Waals surface area contributed by atoms with Gasteiger partial charge in [-0.15, -0.1) is 0 Å². The first-order valence-electron chi connectivity index (χ1n) is 6.93. The van der Waals surface area contributed by atoms with Crippen molar-refractivity contribution in [3.63, 3.8) is 0 Å². The van der Waals surface area contributed by atoms with Gasteiger partial charge in [-0.3, -0.25) is 0 Å². The Balaban J connectivity index is 2.10. The molecule has 0 saturated carbocycles. The average molecular weight is 336 g/mol. The van der Waals surface area contributed by atoms with Crippen molar-refractivity contribution >= 4 is 41.1 Å². The van der Waals surface area contributed by atoms with Gasteiger partial charge in [0.15, 0.2) is 16.1 Å². The van der Waals surface area contributed by atoms with Crippen molar-refractivity contribution in [1.82, 2.24) is 9.97 Å². The molecule has 0 radical (unpaired) electrons. The second-order valence-electron chi connectivity index (χ2n) is 4.65. The largest absolute Gasteiger partial charge is 0.393 e. The quantitative estimate of drug-likeness (QED) is 0.310. The van der Waals surface area contributed by atoms with E-state index < -0.39 is 0 Å². The molecule has 2 aromatic rings. The molecular weight excluding hydrogens is 318 g/mol. The van der Waals surface area contributed by atoms with Crippen molar-refractivity contribution < 1.29 is 0 Å². The molecule has 0 amide bonds. The van der Waals surface area contributed by atoms with Crippen LogP contribution in [0.15, 0.2) is 29.4 Å². The van der Waals surface area contributed by atoms with Crippen molar-refractivity contribution in [3.05, 3.63) is 40.5 Å². The Kier molecular flexibility index (Phi) is 6.03. The minimum atomic E-state index is 0.273. The van der Waals surface area contributed by atoms with E-state index in [0.717, 1.165) is 23.3 Å². The molecule has 1 heterocycles. The molecule has 0 aliphatic rings. The number of hydrogen-bond acceptors (Lipinski definition) is 6. The Morgan fingerprint density at radius 3 is 2.68 bits per heavy atom. The molecule has 0 bridgehead atoms. The number of benzene rings is 1. The minimum Gasteiger partial charge on any atom is -0.393 e. The number of thioether (sulfide) groups is 1. The summed E-state index contributed by atoms with van der Waals surface area (Å²) in [7, 11) is 0. The summed E-state index contributed by atoms with van der Waals surface area (Å²) in [6.45, 7) is 2.68. The van der Waals surface area contributed by atoms with E-state index in [1.807, 2.05) is 24.3 Å². The third kappa shape index (κ3) is 4.35. The van der Waals surface area contributed by atoms with Crippen LogP contribution in [0.5, 0.6) is 0 Å². The number of hydrogen-bond donors (Lipinski definition) is 3. The molecule has 0 spiro atoms. The maximum Gasteiger partial charge on any atom is 0.191 e. The van der Waals surface area contributed by atoms with E-state index in [-0.39, 0.29) is 5.15 Å². The minimum absolute atomic E-state index is 0.273. The molecule has 0 unspecified atom stereocenters. The first kappa shape index (κ1) is 16.6. The summed E-state index contributed by atoms with van der Waals surface area (Å²) in [6.07, 6.45) is 2.36. The zero-order chi connectivity index (χ0) is 15.9. The van der Waals surface area contributed by atoms with Crippen molar-refractivity contribution in [2.75, 3.05) is 16.8 Å². The summed E-state index contributed by atoms with van der Waals surface area (Å²) in [5.74, 6) is 1.49. The molecule has 0 aliphatic heterocycles. The Labute approximate surface area is 139 Å². The number of aromatic nitrogens is 2. The van der Waals surface area contributed by atoms with Crippen molar-refractivity contribution in [1.29, 1.82) is 5.41 Å². The molecule has 1 aromatic heterocycles. The van der Waals surface area contributed by atoms with E-state index >= 15 is 0 Å². The number of rotatable bonds is 7. The molecule has 0 saturated heterocycles. The van der Waals surface area contributed by atoms with Crippen LogP contribution in [0.3, 0.4) is 0 Å². The van der Waals surface area contributed by atoms with Gasteiger partial charge in [-0.25, -0.2) is 9.97 Å². The normalized spacial score (nSPS) is 10.5. The summed E-state index contributed by atoms with van der Waals surface area (Å²) in [4.78, 5) is 8.59. The Bertz CT molecular complexity index is 645. The topological polar surface area (TPSA) is 87.7 Å². The molecule has 1 aromatic carbocycles. The zero-order valence-electron chi connectivity index (χ0n) is 12.3. The number of nitrogens with one attached hydrogen (secondary N) is 2. The van der Waals surface area contributed by atoms with Crippen LogP contribution in [-0.4, -0.2) is 21.9 Å². The van der Waals surface area contributed by atoms with Crippen LogP contribution < -0.4 is 11.1 Å². The first-order valence-corrected chi connectivity index (χ1v) is 8.29. The third-order valence-electron chi connectivity index (χ3n) is 2.92. The molecule has 0 atom stereocenters. The predicted molar refractivity (Wildman–Crippen MR) is 94.1 cm³/mol. The highest BCUT2D eigenvalue weighted by Crippen LogP contribution is 2.27. The third-order valence-corrected chi connectivity index (χ3v) is 4.26. The number of halogens is 1. The van der Waals surface area contributed by atoms with Crippen molar-refractivity contribution in [2.24, 2.45) is 0 Å². The predicted octanol–water partition coefficient (Wildman–Crippen LogP) is 3.82. The monoisotopic (exact) mass is 335 g/mol. The number of anilines is 2. The van der Waals surface area contributed by atoms with E-state index in [0.29, 0.717) is 23.2 Å². The average Bonchev–Trinajstić information content (AvgIpc) is 2.55. The van der Waals surface area contributed by atoms with Crippen LogP contribution in [-0.2, 0) is 6.54 Å². The summed E-state index contributed by atoms with van der Waals surface area (Å²) in [6, 6.07) is 7.70. The fourth-order valence-corrected chi connectivity index (χ4v) is 2.65. The van der Waals surface area contributed by atoms with Gasteiger partial charge < -0.3 is 16.5 Å². The van der Waals surface area contributed by atoms with E-state index in [1.54, 1.807) is 11.8 Å². The van der Waals surface area contributed by atoms with Gasteiger partial charge in [-0.1, -0.05) is 54.6 Å². The smallest absolute Gasteiger partial charge is 0.191 e. The van der Waals surface area contributed by atoms with Gasteiger partial charge in [0.25, 0.3) is 0 Å². The van der Waals surface area contributed by atoms with Gasteiger partial charge in [-0.05, 0) is 17.5 Å². The number of nitrogens with zero attached hydrogens (tertiary/aromatic N) is 2. The lowest BCUT2D eigenvalue weighted by molar-refractivity contribution is 0.953. The molecule has 2 rings (SSSR count). The fraction of sp³-hybridized carbons (Fsp3) is 0.267. The standard InChI is InChI=1S/C15H18ClN5S/c1-2-7-22-15-20-13(16)12(18)14(21-15)19-9-11-5-3-10(8-17)4-6-11/h3-6,8,17H,2,7,9,18H2,1H3,(H,19,20,21). The van der Waals surface area contributed by atoms with Crippen LogP contribution in [0.4, 0.5) is 11.5 Å². The molecule has 116 valence electrons. The van der Waals surface area contributed by atoms with E-state index in [2.05, 4.69) is 22.2 Å². The lowest BCUT2D eigenvalue weighted by Gasteiger charge is -2.11. The maximum atomic E-state index is 7.19. The highest BCUT2D eigenvalue weighted by atomic mass is 35.5. The van der Waals surface area contributed by atoms with Crippen LogP contribution >= 0.6 is 23.4 Å². The van der Waals surface area contributed by atoms with Gasteiger partial charge in [0.2, 0.25) is 0 Å². The lowest BCUT2D eigenvalue weighted by Crippen LogP contribution is -2.07. The summed E-state index contributed by atoms with van der Waals surface area (Å²) < 4.78 is 0. The summed E-state index contributed by atoms with van der Waals surface area (Å²) in [5.41, 5.74) is 8.23. The molecule has 5 nitrogen and oxygen atoms in total. The van der Waals surface area contributed by atoms with Gasteiger partial charge >= 0.3 is 0 Å². The highest BCUT2D eigenvalue weighted by molar-refractivity contribution is 7.99. The molecule has 7 heteroatoms. The molecule has 0 fully saturated rings. The van der Waals surface area contributed by atoms with Gasteiger partial charge in [0.05, 0.1) is 0 Å². The summed E-state index contributed by atoms with van der Waals surface area (Å²) >= 11 is 7.62. The van der Waals surface area contributed by atoms with Gasteiger partial charge in [0.1, 0.15) is 5.69 Å². The van der Waals surface area contributed by atoms with E-state index in [9.17, 15) is 0 Å². The highest BCUT2D eigenvalue weighted by Gasteiger charge is 2.10. The molecule has 0 aliphatic carbocycles. The molecule has 4 N–H and O–H groups in total. The van der Waals surface area contributed by atoms with Crippen LogP contribution in [0.25, 0.3) is 0 Å². The van der Waals surface area contributed by atoms with Crippen LogP contribution in [0, 0.1) is 5.41 Å². The maximum absolute atomic E-state index is 7.19. The first-order chi connectivity index (χ1) is 10.6. The number of nitrogens with two attached hydrogens (primary N) is 1. The van der Waals surface area contributed by atoms with E-state index in [4.69, 9.17) is 22.7 Å². The van der Waals surface area contributed by atoms with Crippen LogP contribution in [0.2, 0.25) is 5.15 Å². The summed E-state index contributed by atoms with van der Waals surface area (Å²) in [5, 5.41) is 11.3. The van der Waals surface area contributed by atoms with Crippen molar-refractivity contribution in [3.8, 4) is 0 Å². The lowest BCUT2D eigenvalue weighted by atomic mass is 10.1. The Hall–Kier alpha value is -1.79. The zero-order valence-corrected chi connectivity index (χ0v) is 13.8.